The van der Waals surface area contributed by atoms with Crippen LogP contribution in [-0.4, -0.2) is 29.2 Å². The van der Waals surface area contributed by atoms with Gasteiger partial charge < -0.3 is 14.8 Å². The van der Waals surface area contributed by atoms with Crippen LogP contribution >= 0.6 is 27.5 Å². The summed E-state index contributed by atoms with van der Waals surface area (Å²) >= 11 is 9.17. The first-order chi connectivity index (χ1) is 9.65. The maximum Gasteiger partial charge on any atom is 0.225 e. The van der Waals surface area contributed by atoms with Crippen LogP contribution in [0.4, 0.5) is 5.69 Å². The molecule has 0 aromatic carbocycles. The van der Waals surface area contributed by atoms with Gasteiger partial charge in [0, 0.05) is 0 Å². The van der Waals surface area contributed by atoms with Crippen LogP contribution in [0.3, 0.4) is 0 Å². The van der Waals surface area contributed by atoms with E-state index in [0.717, 1.165) is 11.3 Å². The van der Waals surface area contributed by atoms with E-state index in [0.29, 0.717) is 27.9 Å². The lowest BCUT2D eigenvalue weighted by Gasteiger charge is -2.12. The van der Waals surface area contributed by atoms with Crippen molar-refractivity contribution in [2.24, 2.45) is 0 Å². The van der Waals surface area contributed by atoms with Crippen LogP contribution in [0.5, 0.6) is 11.8 Å². The third-order valence-electron chi connectivity index (χ3n) is 2.52. The van der Waals surface area contributed by atoms with Crippen LogP contribution in [0.1, 0.15) is 5.56 Å². The molecule has 0 atom stereocenters. The predicted octanol–water partition coefficient (Wildman–Crippen LogP) is 2.92. The second-order valence-electron chi connectivity index (χ2n) is 3.72. The van der Waals surface area contributed by atoms with Gasteiger partial charge in [-0.05, 0) is 22.0 Å². The Bertz CT molecular complexity index is 590. The second kappa shape index (κ2) is 6.71. The molecule has 0 radical (unpaired) electrons. The van der Waals surface area contributed by atoms with Gasteiger partial charge in [0.2, 0.25) is 11.8 Å². The Balaban J connectivity index is 2.19. The largest absolute Gasteiger partial charge is 0.481 e. The number of methoxy groups -OCH3 is 2. The first kappa shape index (κ1) is 14.8. The van der Waals surface area contributed by atoms with Gasteiger partial charge in [0.1, 0.15) is 11.5 Å². The van der Waals surface area contributed by atoms with Crippen molar-refractivity contribution in [1.29, 1.82) is 0 Å². The Hall–Kier alpha value is -1.60. The average Bonchev–Trinajstić information content (AvgIpc) is 2.48. The number of anilines is 1. The molecule has 2 rings (SSSR count). The van der Waals surface area contributed by atoms with E-state index >= 15 is 0 Å². The van der Waals surface area contributed by atoms with Gasteiger partial charge in [0.25, 0.3) is 0 Å². The highest BCUT2D eigenvalue weighted by atomic mass is 79.9. The number of halogens is 2. The molecule has 0 fully saturated rings. The van der Waals surface area contributed by atoms with Crippen LogP contribution in [0, 0.1) is 0 Å². The van der Waals surface area contributed by atoms with E-state index in [4.69, 9.17) is 21.1 Å². The first-order valence-electron chi connectivity index (χ1n) is 5.62. The van der Waals surface area contributed by atoms with Gasteiger partial charge in [-0.1, -0.05) is 11.6 Å². The molecule has 2 aromatic heterocycles. The van der Waals surface area contributed by atoms with Crippen molar-refractivity contribution in [3.05, 3.63) is 33.8 Å². The molecule has 1 N–H and O–H groups in total. The summed E-state index contributed by atoms with van der Waals surface area (Å²) in [5.41, 5.74) is 1.53. The summed E-state index contributed by atoms with van der Waals surface area (Å²) in [7, 11) is 3.09. The number of nitrogens with one attached hydrogen (secondary N) is 1. The van der Waals surface area contributed by atoms with Crippen molar-refractivity contribution >= 4 is 33.2 Å². The van der Waals surface area contributed by atoms with Gasteiger partial charge in [-0.3, -0.25) is 0 Å². The summed E-state index contributed by atoms with van der Waals surface area (Å²) in [5.74, 6) is 0.927. The number of pyridine rings is 1. The van der Waals surface area contributed by atoms with E-state index < -0.39 is 0 Å². The topological polar surface area (TPSA) is 69.2 Å². The average molecular weight is 360 g/mol. The number of hydrogen-bond donors (Lipinski definition) is 1. The number of rotatable bonds is 5. The number of nitrogens with zero attached hydrogens (tertiary/aromatic N) is 3. The Morgan fingerprint density at radius 3 is 2.40 bits per heavy atom. The molecule has 0 unspecified atom stereocenters. The summed E-state index contributed by atoms with van der Waals surface area (Å²) in [4.78, 5) is 12.1. The smallest absolute Gasteiger partial charge is 0.225 e. The molecule has 0 saturated carbocycles. The quantitative estimate of drug-likeness (QED) is 0.828. The summed E-state index contributed by atoms with van der Waals surface area (Å²) in [5, 5.41) is 3.60. The number of ether oxygens (including phenoxy) is 2. The molecule has 0 amide bonds. The molecule has 20 heavy (non-hydrogen) atoms. The molecule has 0 bridgehead atoms. The molecule has 0 aliphatic carbocycles. The lowest BCUT2D eigenvalue weighted by atomic mass is 10.3. The van der Waals surface area contributed by atoms with Gasteiger partial charge in [0.15, 0.2) is 0 Å². The van der Waals surface area contributed by atoms with E-state index in [9.17, 15) is 0 Å². The molecule has 0 aliphatic heterocycles. The Labute approximate surface area is 129 Å². The molecule has 0 spiro atoms. The zero-order chi connectivity index (χ0) is 14.5. The fourth-order valence-electron chi connectivity index (χ4n) is 1.59. The van der Waals surface area contributed by atoms with Gasteiger partial charge in [-0.2, -0.15) is 0 Å². The highest BCUT2D eigenvalue weighted by molar-refractivity contribution is 9.10. The SMILES string of the molecule is COc1ncnc(OC)c1CNc1cnc(Cl)c(Br)c1. The fourth-order valence-corrected chi connectivity index (χ4v) is 2.04. The maximum absolute atomic E-state index is 5.85. The van der Waals surface area contributed by atoms with Crippen LogP contribution in [-0.2, 0) is 6.54 Å². The number of hydrogen-bond acceptors (Lipinski definition) is 6. The Morgan fingerprint density at radius 2 is 1.85 bits per heavy atom. The standard InChI is InChI=1S/C12H12BrClN4O2/c1-19-11-8(12(20-2)18-6-17-11)5-15-7-3-9(13)10(14)16-4-7/h3-4,6,15H,5H2,1-2H3. The fraction of sp³-hybridized carbons (Fsp3) is 0.250. The van der Waals surface area contributed by atoms with Crippen molar-refractivity contribution in [2.45, 2.75) is 6.54 Å². The van der Waals surface area contributed by atoms with E-state index in [1.54, 1.807) is 20.4 Å². The highest BCUT2D eigenvalue weighted by Gasteiger charge is 2.12. The van der Waals surface area contributed by atoms with Crippen molar-refractivity contribution in [1.82, 2.24) is 15.0 Å². The first-order valence-corrected chi connectivity index (χ1v) is 6.79. The van der Waals surface area contributed by atoms with Crippen molar-refractivity contribution in [3.8, 4) is 11.8 Å². The van der Waals surface area contributed by atoms with E-state index in [1.165, 1.54) is 6.33 Å². The third kappa shape index (κ3) is 3.29. The van der Waals surface area contributed by atoms with Gasteiger partial charge in [0.05, 0.1) is 42.7 Å². The highest BCUT2D eigenvalue weighted by Crippen LogP contribution is 2.26. The summed E-state index contributed by atoms with van der Waals surface area (Å²) in [6.45, 7) is 0.433. The third-order valence-corrected chi connectivity index (χ3v) is 3.65. The second-order valence-corrected chi connectivity index (χ2v) is 4.93. The van der Waals surface area contributed by atoms with E-state index in [1.807, 2.05) is 6.07 Å². The molecule has 0 aliphatic rings. The van der Waals surface area contributed by atoms with Gasteiger partial charge in [-0.25, -0.2) is 15.0 Å². The molecular formula is C12H12BrClN4O2. The van der Waals surface area contributed by atoms with Crippen molar-refractivity contribution in [3.63, 3.8) is 0 Å². The minimum atomic E-state index is 0.411. The van der Waals surface area contributed by atoms with Crippen LogP contribution < -0.4 is 14.8 Å². The normalized spacial score (nSPS) is 10.2. The molecule has 2 aromatic rings. The monoisotopic (exact) mass is 358 g/mol. The summed E-state index contributed by atoms with van der Waals surface area (Å²) in [6, 6.07) is 1.83. The molecule has 0 saturated heterocycles. The zero-order valence-electron chi connectivity index (χ0n) is 10.9. The van der Waals surface area contributed by atoms with Gasteiger partial charge in [-0.15, -0.1) is 0 Å². The molecular weight excluding hydrogens is 348 g/mol. The van der Waals surface area contributed by atoms with Crippen LogP contribution in [0.2, 0.25) is 5.15 Å². The van der Waals surface area contributed by atoms with Gasteiger partial charge >= 0.3 is 0 Å². The minimum Gasteiger partial charge on any atom is -0.481 e. The predicted molar refractivity (Wildman–Crippen MR) is 79.4 cm³/mol. The van der Waals surface area contributed by atoms with Crippen molar-refractivity contribution < 1.29 is 9.47 Å². The summed E-state index contributed by atoms with van der Waals surface area (Å²) < 4.78 is 11.1. The Morgan fingerprint density at radius 1 is 1.20 bits per heavy atom. The van der Waals surface area contributed by atoms with E-state index in [2.05, 4.69) is 36.2 Å². The summed E-state index contributed by atoms with van der Waals surface area (Å²) in [6.07, 6.45) is 3.03. The lowest BCUT2D eigenvalue weighted by molar-refractivity contribution is 0.363. The maximum atomic E-state index is 5.85. The Kier molecular flexibility index (Phi) is 4.97. The van der Waals surface area contributed by atoms with E-state index in [-0.39, 0.29) is 0 Å². The van der Waals surface area contributed by atoms with Crippen LogP contribution in [0.15, 0.2) is 23.1 Å². The molecule has 2 heterocycles. The molecule has 8 heteroatoms. The zero-order valence-corrected chi connectivity index (χ0v) is 13.2. The molecule has 106 valence electrons. The molecule has 6 nitrogen and oxygen atoms in total. The minimum absolute atomic E-state index is 0.411. The van der Waals surface area contributed by atoms with Crippen LogP contribution in [0.25, 0.3) is 0 Å². The lowest BCUT2D eigenvalue weighted by Crippen LogP contribution is -2.07. The van der Waals surface area contributed by atoms with Crippen molar-refractivity contribution in [2.75, 3.05) is 19.5 Å². The number of aromatic nitrogens is 3.